The third kappa shape index (κ3) is 4.79. The Hall–Kier alpha value is 0. The highest BCUT2D eigenvalue weighted by atomic mass is 14.4. The summed E-state index contributed by atoms with van der Waals surface area (Å²) in [7, 11) is 0. The third-order valence-electron chi connectivity index (χ3n) is 8.82. The molecule has 24 heavy (non-hydrogen) atoms. The van der Waals surface area contributed by atoms with Gasteiger partial charge in [-0.15, -0.1) is 0 Å². The molecule has 0 radical (unpaired) electrons. The van der Waals surface area contributed by atoms with Crippen molar-refractivity contribution in [2.24, 2.45) is 47.3 Å². The van der Waals surface area contributed by atoms with Gasteiger partial charge in [0, 0.05) is 0 Å². The summed E-state index contributed by atoms with van der Waals surface area (Å²) in [6.07, 6.45) is 18.5. The monoisotopic (exact) mass is 332 g/mol. The molecule has 2 unspecified atom stereocenters. The minimum atomic E-state index is 0.954. The molecule has 0 heterocycles. The van der Waals surface area contributed by atoms with E-state index < -0.39 is 0 Å². The summed E-state index contributed by atoms with van der Waals surface area (Å²) in [4.78, 5) is 0. The Morgan fingerprint density at radius 1 is 0.542 bits per heavy atom. The van der Waals surface area contributed by atoms with E-state index in [-0.39, 0.29) is 0 Å². The Morgan fingerprint density at radius 3 is 1.50 bits per heavy atom. The van der Waals surface area contributed by atoms with Crippen LogP contribution in [-0.2, 0) is 0 Å². The lowest BCUT2D eigenvalue weighted by molar-refractivity contribution is 0.0768. The van der Waals surface area contributed by atoms with Gasteiger partial charge in [-0.1, -0.05) is 79.1 Å². The van der Waals surface area contributed by atoms with Gasteiger partial charge < -0.3 is 0 Å². The van der Waals surface area contributed by atoms with Crippen LogP contribution in [0.1, 0.15) is 105 Å². The molecule has 0 bridgehead atoms. The lowest BCUT2D eigenvalue weighted by Gasteiger charge is -2.43. The van der Waals surface area contributed by atoms with Crippen molar-refractivity contribution in [1.82, 2.24) is 0 Å². The van der Waals surface area contributed by atoms with E-state index in [2.05, 4.69) is 27.7 Å². The van der Waals surface area contributed by atoms with Crippen LogP contribution in [0.4, 0.5) is 0 Å². The Morgan fingerprint density at radius 2 is 1.00 bits per heavy atom. The highest BCUT2D eigenvalue weighted by Gasteiger charge is 2.35. The van der Waals surface area contributed by atoms with Crippen LogP contribution in [-0.4, -0.2) is 0 Å². The van der Waals surface area contributed by atoms with Crippen molar-refractivity contribution in [3.8, 4) is 0 Å². The zero-order valence-corrected chi connectivity index (χ0v) is 17.1. The molecule has 3 aliphatic carbocycles. The molecule has 2 atom stereocenters. The highest BCUT2D eigenvalue weighted by molar-refractivity contribution is 4.86. The summed E-state index contributed by atoms with van der Waals surface area (Å²) < 4.78 is 0. The van der Waals surface area contributed by atoms with Crippen molar-refractivity contribution < 1.29 is 0 Å². The van der Waals surface area contributed by atoms with Crippen LogP contribution >= 0.6 is 0 Å². The zero-order valence-electron chi connectivity index (χ0n) is 17.1. The molecular weight excluding hydrogens is 288 g/mol. The normalized spacial score (nSPS) is 47.5. The van der Waals surface area contributed by atoms with Crippen molar-refractivity contribution in [2.45, 2.75) is 105 Å². The average Bonchev–Trinajstić information content (AvgIpc) is 2.59. The van der Waals surface area contributed by atoms with E-state index in [4.69, 9.17) is 0 Å². The Kier molecular flexibility index (Phi) is 6.72. The lowest BCUT2D eigenvalue weighted by atomic mass is 9.63. The molecule has 0 saturated heterocycles. The molecule has 0 amide bonds. The Bertz CT molecular complexity index is 344. The third-order valence-corrected chi connectivity index (χ3v) is 8.82. The first kappa shape index (κ1) is 18.8. The maximum Gasteiger partial charge on any atom is -0.0381 e. The second-order valence-corrected chi connectivity index (χ2v) is 10.5. The molecule has 0 spiro atoms. The molecule has 0 aromatic carbocycles. The Labute approximate surface area is 152 Å². The van der Waals surface area contributed by atoms with Gasteiger partial charge in [-0.2, -0.15) is 0 Å². The summed E-state index contributed by atoms with van der Waals surface area (Å²) >= 11 is 0. The lowest BCUT2D eigenvalue weighted by Crippen LogP contribution is -2.33. The largest absolute Gasteiger partial charge is 0.0625 e. The van der Waals surface area contributed by atoms with Gasteiger partial charge in [-0.25, -0.2) is 0 Å². The fraction of sp³-hybridized carbons (Fsp3) is 1.00. The van der Waals surface area contributed by atoms with Crippen LogP contribution in [0.3, 0.4) is 0 Å². The highest BCUT2D eigenvalue weighted by Crippen LogP contribution is 2.46. The van der Waals surface area contributed by atoms with E-state index in [9.17, 15) is 0 Å². The molecule has 3 aliphatic rings. The molecule has 0 N–H and O–H groups in total. The van der Waals surface area contributed by atoms with Crippen LogP contribution in [0.5, 0.6) is 0 Å². The molecule has 0 aromatic rings. The predicted molar refractivity (Wildman–Crippen MR) is 106 cm³/mol. The summed E-state index contributed by atoms with van der Waals surface area (Å²) in [6, 6.07) is 0. The number of hydrogen-bond acceptors (Lipinski definition) is 0. The van der Waals surface area contributed by atoms with Gasteiger partial charge in [0.15, 0.2) is 0 Å². The van der Waals surface area contributed by atoms with E-state index >= 15 is 0 Å². The van der Waals surface area contributed by atoms with Gasteiger partial charge >= 0.3 is 0 Å². The second kappa shape index (κ2) is 8.59. The first-order chi connectivity index (χ1) is 11.5. The Balaban J connectivity index is 1.37. The molecule has 3 saturated carbocycles. The average molecular weight is 333 g/mol. The molecule has 0 nitrogen and oxygen atoms in total. The van der Waals surface area contributed by atoms with Crippen molar-refractivity contribution >= 4 is 0 Å². The smallest absolute Gasteiger partial charge is 0.0381 e. The molecule has 0 heteroatoms. The molecule has 0 aliphatic heterocycles. The molecule has 3 rings (SSSR count). The van der Waals surface area contributed by atoms with Crippen LogP contribution in [0.15, 0.2) is 0 Å². The standard InChI is InChI=1S/C24H44/c1-17-5-7-21(8-6-17)9-10-22-11-13-23(14-12-22)24-15-18(2)20(4)19(3)16-24/h17-24H,5-16H2,1-4H3. The maximum atomic E-state index is 2.52. The topological polar surface area (TPSA) is 0 Å². The number of rotatable bonds is 4. The first-order valence-corrected chi connectivity index (χ1v) is 11.5. The van der Waals surface area contributed by atoms with E-state index in [1.807, 2.05) is 0 Å². The van der Waals surface area contributed by atoms with Crippen LogP contribution in [0.25, 0.3) is 0 Å². The van der Waals surface area contributed by atoms with E-state index in [1.165, 1.54) is 38.5 Å². The van der Waals surface area contributed by atoms with Gasteiger partial charge in [0.05, 0.1) is 0 Å². The predicted octanol–water partition coefficient (Wildman–Crippen LogP) is 7.72. The van der Waals surface area contributed by atoms with Gasteiger partial charge in [0.25, 0.3) is 0 Å². The fourth-order valence-electron chi connectivity index (χ4n) is 6.46. The summed E-state index contributed by atoms with van der Waals surface area (Å²) in [5.41, 5.74) is 0. The van der Waals surface area contributed by atoms with Crippen LogP contribution < -0.4 is 0 Å². The van der Waals surface area contributed by atoms with Gasteiger partial charge in [0.1, 0.15) is 0 Å². The van der Waals surface area contributed by atoms with Gasteiger partial charge in [-0.3, -0.25) is 0 Å². The fourth-order valence-corrected chi connectivity index (χ4v) is 6.46. The summed E-state index contributed by atoms with van der Waals surface area (Å²) in [5, 5.41) is 0. The maximum absolute atomic E-state index is 2.52. The van der Waals surface area contributed by atoms with Gasteiger partial charge in [-0.05, 0) is 73.0 Å². The van der Waals surface area contributed by atoms with E-state index in [0.717, 1.165) is 47.3 Å². The SMILES string of the molecule is CC1CCC(CCC2CCC(C3CC(C)C(C)C(C)C3)CC2)CC1. The van der Waals surface area contributed by atoms with Gasteiger partial charge in [0.2, 0.25) is 0 Å². The van der Waals surface area contributed by atoms with Crippen molar-refractivity contribution in [2.75, 3.05) is 0 Å². The van der Waals surface area contributed by atoms with E-state index in [0.29, 0.717) is 0 Å². The number of hydrogen-bond donors (Lipinski definition) is 0. The first-order valence-electron chi connectivity index (χ1n) is 11.5. The molecule has 140 valence electrons. The van der Waals surface area contributed by atoms with Crippen LogP contribution in [0, 0.1) is 47.3 Å². The summed E-state index contributed by atoms with van der Waals surface area (Å²) in [5.74, 6) is 8.20. The quantitative estimate of drug-likeness (QED) is 0.494. The zero-order chi connectivity index (χ0) is 17.1. The second-order valence-electron chi connectivity index (χ2n) is 10.5. The van der Waals surface area contributed by atoms with Crippen molar-refractivity contribution in [3.05, 3.63) is 0 Å². The molecule has 3 fully saturated rings. The van der Waals surface area contributed by atoms with Crippen molar-refractivity contribution in [1.29, 1.82) is 0 Å². The van der Waals surface area contributed by atoms with Crippen molar-refractivity contribution in [3.63, 3.8) is 0 Å². The molecular formula is C24H44. The minimum Gasteiger partial charge on any atom is -0.0625 e. The van der Waals surface area contributed by atoms with Crippen LogP contribution in [0.2, 0.25) is 0 Å². The summed E-state index contributed by atoms with van der Waals surface area (Å²) in [6.45, 7) is 9.98. The van der Waals surface area contributed by atoms with E-state index in [1.54, 1.807) is 38.5 Å². The molecule has 0 aromatic heterocycles. The minimum absolute atomic E-state index is 0.954.